The number of halogens is 4. The molecule has 0 unspecified atom stereocenters. The zero-order valence-electron chi connectivity index (χ0n) is 11.8. The highest BCUT2D eigenvalue weighted by Crippen LogP contribution is 2.29. The summed E-state index contributed by atoms with van der Waals surface area (Å²) in [7, 11) is -3.91. The van der Waals surface area contributed by atoms with Crippen LogP contribution in [0.15, 0.2) is 53.4 Å². The Labute approximate surface area is 131 Å². The number of sulfonamides is 1. The van der Waals surface area contributed by atoms with Gasteiger partial charge in [-0.3, -0.25) is 0 Å². The molecule has 0 atom stereocenters. The molecule has 2 rings (SSSR count). The Bertz CT molecular complexity index is 771. The number of nitrogens with one attached hydrogen (secondary N) is 1. The number of hydrogen-bond acceptors (Lipinski definition) is 2. The SMILES string of the molecule is O=S(=O)(NCCc1cccc(F)c1)c1ccc(C(F)(F)F)cc1. The molecule has 0 aliphatic heterocycles. The van der Waals surface area contributed by atoms with Gasteiger partial charge in [0.25, 0.3) is 0 Å². The molecule has 2 aromatic rings. The molecule has 2 aromatic carbocycles. The third-order valence-corrected chi connectivity index (χ3v) is 4.56. The van der Waals surface area contributed by atoms with Gasteiger partial charge in [-0.1, -0.05) is 12.1 Å². The zero-order valence-corrected chi connectivity index (χ0v) is 12.6. The van der Waals surface area contributed by atoms with Gasteiger partial charge in [0.05, 0.1) is 10.5 Å². The van der Waals surface area contributed by atoms with Crippen molar-refractivity contribution in [1.29, 1.82) is 0 Å². The highest BCUT2D eigenvalue weighted by atomic mass is 32.2. The second kappa shape index (κ2) is 6.67. The van der Waals surface area contributed by atoms with Crippen molar-refractivity contribution >= 4 is 10.0 Å². The molecule has 0 saturated heterocycles. The molecule has 0 amide bonds. The minimum Gasteiger partial charge on any atom is -0.211 e. The van der Waals surface area contributed by atoms with Crippen molar-refractivity contribution in [2.45, 2.75) is 17.5 Å². The summed E-state index contributed by atoms with van der Waals surface area (Å²) in [5, 5.41) is 0. The summed E-state index contributed by atoms with van der Waals surface area (Å²) in [6, 6.07) is 8.93. The van der Waals surface area contributed by atoms with E-state index in [2.05, 4.69) is 4.72 Å². The maximum Gasteiger partial charge on any atom is 0.416 e. The van der Waals surface area contributed by atoms with Gasteiger partial charge >= 0.3 is 6.18 Å². The molecule has 3 nitrogen and oxygen atoms in total. The largest absolute Gasteiger partial charge is 0.416 e. The first-order chi connectivity index (χ1) is 10.7. The van der Waals surface area contributed by atoms with Crippen molar-refractivity contribution in [3.8, 4) is 0 Å². The van der Waals surface area contributed by atoms with E-state index in [1.807, 2.05) is 0 Å². The molecule has 0 radical (unpaired) electrons. The first kappa shape index (κ1) is 17.4. The van der Waals surface area contributed by atoms with Gasteiger partial charge in [0, 0.05) is 6.54 Å². The van der Waals surface area contributed by atoms with E-state index in [4.69, 9.17) is 0 Å². The van der Waals surface area contributed by atoms with E-state index in [0.717, 1.165) is 12.1 Å². The summed E-state index contributed by atoms with van der Waals surface area (Å²) in [5.41, 5.74) is -0.309. The van der Waals surface area contributed by atoms with Crippen molar-refractivity contribution in [3.63, 3.8) is 0 Å². The molecule has 0 aromatic heterocycles. The summed E-state index contributed by atoms with van der Waals surface area (Å²) in [5.74, 6) is -0.423. The molecule has 0 bridgehead atoms. The van der Waals surface area contributed by atoms with Crippen LogP contribution < -0.4 is 4.72 Å². The smallest absolute Gasteiger partial charge is 0.211 e. The third kappa shape index (κ3) is 4.77. The molecule has 0 saturated carbocycles. The fourth-order valence-corrected chi connectivity index (χ4v) is 2.96. The number of alkyl halides is 3. The van der Waals surface area contributed by atoms with Gasteiger partial charge in [0.15, 0.2) is 0 Å². The molecular formula is C15H13F4NO2S. The van der Waals surface area contributed by atoms with E-state index in [1.54, 1.807) is 6.07 Å². The Morgan fingerprint density at radius 3 is 2.22 bits per heavy atom. The Hall–Kier alpha value is -1.93. The zero-order chi connectivity index (χ0) is 17.1. The predicted molar refractivity (Wildman–Crippen MR) is 76.7 cm³/mol. The van der Waals surface area contributed by atoms with Crippen molar-refractivity contribution < 1.29 is 26.0 Å². The maximum absolute atomic E-state index is 13.0. The number of rotatable bonds is 5. The molecule has 1 N–H and O–H groups in total. The predicted octanol–water partition coefficient (Wildman–Crippen LogP) is 3.37. The maximum atomic E-state index is 13.0. The fourth-order valence-electron chi connectivity index (χ4n) is 1.93. The van der Waals surface area contributed by atoms with Gasteiger partial charge in [-0.05, 0) is 48.4 Å². The molecule has 0 aliphatic rings. The summed E-state index contributed by atoms with van der Waals surface area (Å²) < 4.78 is 76.6. The van der Waals surface area contributed by atoms with E-state index in [-0.39, 0.29) is 17.9 Å². The number of hydrogen-bond donors (Lipinski definition) is 1. The van der Waals surface area contributed by atoms with E-state index < -0.39 is 27.6 Å². The highest BCUT2D eigenvalue weighted by molar-refractivity contribution is 7.89. The summed E-state index contributed by atoms with van der Waals surface area (Å²) >= 11 is 0. The summed E-state index contributed by atoms with van der Waals surface area (Å²) in [6.07, 6.45) is -4.26. The van der Waals surface area contributed by atoms with Crippen molar-refractivity contribution in [2.24, 2.45) is 0 Å². The lowest BCUT2D eigenvalue weighted by Gasteiger charge is -2.09. The van der Waals surface area contributed by atoms with Crippen LogP contribution in [-0.4, -0.2) is 15.0 Å². The average molecular weight is 347 g/mol. The normalized spacial score (nSPS) is 12.3. The minimum absolute atomic E-state index is 0.00675. The quantitative estimate of drug-likeness (QED) is 0.843. The molecule has 23 heavy (non-hydrogen) atoms. The van der Waals surface area contributed by atoms with E-state index >= 15 is 0 Å². The molecule has 0 aliphatic carbocycles. The van der Waals surface area contributed by atoms with Crippen LogP contribution in [-0.2, 0) is 22.6 Å². The molecule has 0 spiro atoms. The summed E-state index contributed by atoms with van der Waals surface area (Å²) in [6.45, 7) is 0.00675. The van der Waals surface area contributed by atoms with Gasteiger partial charge in [0.2, 0.25) is 10.0 Å². The molecule has 124 valence electrons. The van der Waals surface area contributed by atoms with E-state index in [9.17, 15) is 26.0 Å². The monoisotopic (exact) mass is 347 g/mol. The molecule has 0 heterocycles. The van der Waals surface area contributed by atoms with E-state index in [0.29, 0.717) is 17.7 Å². The van der Waals surface area contributed by atoms with Crippen molar-refractivity contribution in [3.05, 3.63) is 65.5 Å². The Morgan fingerprint density at radius 2 is 1.65 bits per heavy atom. The van der Waals surface area contributed by atoms with Crippen LogP contribution in [0.1, 0.15) is 11.1 Å². The van der Waals surface area contributed by atoms with Gasteiger partial charge in [-0.25, -0.2) is 17.5 Å². The lowest BCUT2D eigenvalue weighted by molar-refractivity contribution is -0.137. The van der Waals surface area contributed by atoms with Gasteiger partial charge < -0.3 is 0 Å². The first-order valence-electron chi connectivity index (χ1n) is 6.60. The van der Waals surface area contributed by atoms with Crippen LogP contribution in [0.25, 0.3) is 0 Å². The Balaban J connectivity index is 2.01. The van der Waals surface area contributed by atoms with Crippen LogP contribution in [0.5, 0.6) is 0 Å². The second-order valence-corrected chi connectivity index (χ2v) is 6.57. The molecular weight excluding hydrogens is 334 g/mol. The standard InChI is InChI=1S/C15H13F4NO2S/c16-13-3-1-2-11(10-13)8-9-20-23(21,22)14-6-4-12(5-7-14)15(17,18)19/h1-7,10,20H,8-9H2. The first-order valence-corrected chi connectivity index (χ1v) is 8.08. The van der Waals surface area contributed by atoms with Gasteiger partial charge in [0.1, 0.15) is 5.82 Å². The average Bonchev–Trinajstić information content (AvgIpc) is 2.46. The molecule has 0 fully saturated rings. The van der Waals surface area contributed by atoms with Crippen LogP contribution in [0.3, 0.4) is 0 Å². The van der Waals surface area contributed by atoms with Crippen LogP contribution >= 0.6 is 0 Å². The fraction of sp³-hybridized carbons (Fsp3) is 0.200. The van der Waals surface area contributed by atoms with Crippen molar-refractivity contribution in [1.82, 2.24) is 4.72 Å². The van der Waals surface area contributed by atoms with E-state index in [1.165, 1.54) is 18.2 Å². The lowest BCUT2D eigenvalue weighted by Crippen LogP contribution is -2.26. The summed E-state index contributed by atoms with van der Waals surface area (Å²) in [4.78, 5) is -0.259. The highest BCUT2D eigenvalue weighted by Gasteiger charge is 2.30. The second-order valence-electron chi connectivity index (χ2n) is 4.80. The Kier molecular flexibility index (Phi) is 5.06. The number of benzene rings is 2. The van der Waals surface area contributed by atoms with Crippen molar-refractivity contribution in [2.75, 3.05) is 6.54 Å². The Morgan fingerprint density at radius 1 is 1.00 bits per heavy atom. The van der Waals surface area contributed by atoms with Crippen LogP contribution in [0.2, 0.25) is 0 Å². The van der Waals surface area contributed by atoms with Gasteiger partial charge in [-0.15, -0.1) is 0 Å². The molecule has 8 heteroatoms. The lowest BCUT2D eigenvalue weighted by atomic mass is 10.1. The van der Waals surface area contributed by atoms with Crippen LogP contribution in [0, 0.1) is 5.82 Å². The van der Waals surface area contributed by atoms with Gasteiger partial charge in [-0.2, -0.15) is 13.2 Å². The topological polar surface area (TPSA) is 46.2 Å². The third-order valence-electron chi connectivity index (χ3n) is 3.09. The minimum atomic E-state index is -4.52. The van der Waals surface area contributed by atoms with Crippen LogP contribution in [0.4, 0.5) is 17.6 Å².